The molecule has 0 spiro atoms. The molecular formula is C19H15F3N6O2. The lowest BCUT2D eigenvalue weighted by molar-refractivity contribution is -0.141. The number of amides is 1. The lowest BCUT2D eigenvalue weighted by atomic mass is 10.0. The maximum atomic E-state index is 13.0. The van der Waals surface area contributed by atoms with Gasteiger partial charge in [0.05, 0.1) is 23.5 Å². The molecule has 0 aliphatic carbocycles. The van der Waals surface area contributed by atoms with E-state index in [1.165, 1.54) is 19.3 Å². The Kier molecular flexibility index (Phi) is 5.51. The maximum Gasteiger partial charge on any atom is 0.433 e. The quantitative estimate of drug-likeness (QED) is 0.673. The fourth-order valence-electron chi connectivity index (χ4n) is 2.88. The van der Waals surface area contributed by atoms with Crippen molar-refractivity contribution in [2.45, 2.75) is 32.5 Å². The minimum Gasteiger partial charge on any atom is -0.349 e. The van der Waals surface area contributed by atoms with Crippen LogP contribution in [0.5, 0.6) is 0 Å². The zero-order valence-corrected chi connectivity index (χ0v) is 15.8. The highest BCUT2D eigenvalue weighted by Gasteiger charge is 2.32. The highest BCUT2D eigenvalue weighted by atomic mass is 19.4. The third kappa shape index (κ3) is 4.27. The highest BCUT2D eigenvalue weighted by Crippen LogP contribution is 2.29. The van der Waals surface area contributed by atoms with Crippen LogP contribution in [0.1, 0.15) is 41.2 Å². The summed E-state index contributed by atoms with van der Waals surface area (Å²) in [6, 6.07) is 3.19. The molecule has 0 aliphatic heterocycles. The standard InChI is InChI=1S/C19H15F3N6O2/c1-9-12(5-16(29)26-10(2)11-7-24-15(6-23)25-8-11)18(30)27-13-3-4-14(19(20,21)22)28-17(9)13/h3-4,7-8,10H,5H2,1-2H3,(H,26,29)(H,27,30)/t10-/m1/s1. The summed E-state index contributed by atoms with van der Waals surface area (Å²) < 4.78 is 38.9. The molecule has 0 unspecified atom stereocenters. The smallest absolute Gasteiger partial charge is 0.349 e. The van der Waals surface area contributed by atoms with E-state index in [1.807, 2.05) is 0 Å². The predicted molar refractivity (Wildman–Crippen MR) is 99.1 cm³/mol. The van der Waals surface area contributed by atoms with Crippen LogP contribution >= 0.6 is 0 Å². The molecule has 0 fully saturated rings. The number of hydrogen-bond acceptors (Lipinski definition) is 6. The van der Waals surface area contributed by atoms with Crippen molar-refractivity contribution in [3.8, 4) is 6.07 Å². The molecule has 3 aromatic rings. The minimum atomic E-state index is -4.63. The number of carbonyl (C=O) groups excluding carboxylic acids is 1. The largest absolute Gasteiger partial charge is 0.433 e. The number of halogens is 3. The van der Waals surface area contributed by atoms with Crippen LogP contribution in [-0.4, -0.2) is 25.8 Å². The molecule has 0 bridgehead atoms. The van der Waals surface area contributed by atoms with Crippen LogP contribution in [0.4, 0.5) is 13.2 Å². The predicted octanol–water partition coefficient (Wildman–Crippen LogP) is 2.33. The number of aryl methyl sites for hydroxylation is 1. The van der Waals surface area contributed by atoms with Gasteiger partial charge in [0.1, 0.15) is 11.8 Å². The first-order chi connectivity index (χ1) is 14.1. The summed E-state index contributed by atoms with van der Waals surface area (Å²) in [6.07, 6.45) is -2.19. The Balaban J connectivity index is 1.86. The molecule has 1 atom stereocenters. The first-order valence-corrected chi connectivity index (χ1v) is 8.71. The van der Waals surface area contributed by atoms with Crippen molar-refractivity contribution in [2.24, 2.45) is 0 Å². The number of fused-ring (bicyclic) bond motifs is 1. The zero-order chi connectivity index (χ0) is 22.1. The van der Waals surface area contributed by atoms with Crippen LogP contribution < -0.4 is 10.9 Å². The molecule has 11 heteroatoms. The van der Waals surface area contributed by atoms with Gasteiger partial charge in [0.25, 0.3) is 5.56 Å². The summed E-state index contributed by atoms with van der Waals surface area (Å²) in [5, 5.41) is 11.4. The second-order valence-corrected chi connectivity index (χ2v) is 6.57. The average molecular weight is 416 g/mol. The van der Waals surface area contributed by atoms with Gasteiger partial charge < -0.3 is 10.3 Å². The topological polar surface area (TPSA) is 124 Å². The van der Waals surface area contributed by atoms with E-state index in [0.29, 0.717) is 5.56 Å². The van der Waals surface area contributed by atoms with Gasteiger partial charge in [-0.25, -0.2) is 15.0 Å². The SMILES string of the molecule is Cc1c(CC(=O)N[C@H](C)c2cnc(C#N)nc2)c(=O)[nH]c2ccc(C(F)(F)F)nc12. The van der Waals surface area contributed by atoms with Gasteiger partial charge in [0, 0.05) is 23.5 Å². The van der Waals surface area contributed by atoms with Gasteiger partial charge in [0.15, 0.2) is 0 Å². The third-order valence-corrected chi connectivity index (χ3v) is 4.50. The van der Waals surface area contributed by atoms with Crippen LogP contribution in [0.15, 0.2) is 29.3 Å². The number of H-pyrrole nitrogens is 1. The van der Waals surface area contributed by atoms with Crippen LogP contribution in [0.25, 0.3) is 11.0 Å². The number of nitrogens with one attached hydrogen (secondary N) is 2. The number of pyridine rings is 2. The van der Waals surface area contributed by atoms with E-state index in [4.69, 9.17) is 5.26 Å². The summed E-state index contributed by atoms with van der Waals surface area (Å²) in [4.78, 5) is 38.5. The number of nitrogens with zero attached hydrogens (tertiary/aromatic N) is 4. The van der Waals surface area contributed by atoms with Crippen molar-refractivity contribution >= 4 is 16.9 Å². The molecule has 0 aliphatic rings. The monoisotopic (exact) mass is 416 g/mol. The van der Waals surface area contributed by atoms with E-state index in [0.717, 1.165) is 12.1 Å². The second-order valence-electron chi connectivity index (χ2n) is 6.57. The average Bonchev–Trinajstić information content (AvgIpc) is 2.70. The van der Waals surface area contributed by atoms with Crippen molar-refractivity contribution in [2.75, 3.05) is 0 Å². The van der Waals surface area contributed by atoms with Gasteiger partial charge in [-0.1, -0.05) is 0 Å². The molecule has 0 saturated heterocycles. The number of aromatic nitrogens is 4. The number of carbonyl (C=O) groups is 1. The van der Waals surface area contributed by atoms with Crippen molar-refractivity contribution in [3.63, 3.8) is 0 Å². The van der Waals surface area contributed by atoms with Gasteiger partial charge in [-0.15, -0.1) is 0 Å². The molecule has 2 N–H and O–H groups in total. The lowest BCUT2D eigenvalue weighted by Crippen LogP contribution is -2.31. The Hall–Kier alpha value is -3.81. The Morgan fingerprint density at radius 3 is 2.57 bits per heavy atom. The molecule has 0 saturated carbocycles. The normalized spacial score (nSPS) is 12.4. The number of nitriles is 1. The van der Waals surface area contributed by atoms with E-state index in [1.54, 1.807) is 13.0 Å². The van der Waals surface area contributed by atoms with Crippen molar-refractivity contribution in [1.82, 2.24) is 25.3 Å². The molecule has 1 amide bonds. The summed E-state index contributed by atoms with van der Waals surface area (Å²) in [6.45, 7) is 3.11. The molecule has 154 valence electrons. The van der Waals surface area contributed by atoms with Crippen LogP contribution in [0.3, 0.4) is 0 Å². The van der Waals surface area contributed by atoms with Crippen LogP contribution in [0, 0.1) is 18.3 Å². The Bertz CT molecular complexity index is 1210. The third-order valence-electron chi connectivity index (χ3n) is 4.50. The number of aromatic amines is 1. The summed E-state index contributed by atoms with van der Waals surface area (Å²) >= 11 is 0. The van der Waals surface area contributed by atoms with Crippen molar-refractivity contribution in [1.29, 1.82) is 5.26 Å². The van der Waals surface area contributed by atoms with Crippen molar-refractivity contribution in [3.05, 3.63) is 63.1 Å². The fraction of sp³-hybridized carbons (Fsp3) is 0.263. The maximum absolute atomic E-state index is 13.0. The summed E-state index contributed by atoms with van der Waals surface area (Å²) in [7, 11) is 0. The van der Waals surface area contributed by atoms with E-state index in [2.05, 4.69) is 25.3 Å². The van der Waals surface area contributed by atoms with E-state index < -0.39 is 29.4 Å². The van der Waals surface area contributed by atoms with E-state index >= 15 is 0 Å². The molecule has 3 aromatic heterocycles. The molecule has 0 aromatic carbocycles. The first kappa shape index (κ1) is 20.9. The molecule has 8 nitrogen and oxygen atoms in total. The Morgan fingerprint density at radius 2 is 1.97 bits per heavy atom. The van der Waals surface area contributed by atoms with E-state index in [9.17, 15) is 22.8 Å². The van der Waals surface area contributed by atoms with Gasteiger partial charge in [-0.2, -0.15) is 18.4 Å². The van der Waals surface area contributed by atoms with E-state index in [-0.39, 0.29) is 34.4 Å². The van der Waals surface area contributed by atoms with Crippen LogP contribution in [0.2, 0.25) is 0 Å². The number of hydrogen-bond donors (Lipinski definition) is 2. The Morgan fingerprint density at radius 1 is 1.30 bits per heavy atom. The summed E-state index contributed by atoms with van der Waals surface area (Å²) in [5.74, 6) is -0.534. The molecular weight excluding hydrogens is 401 g/mol. The lowest BCUT2D eigenvalue weighted by Gasteiger charge is -2.15. The van der Waals surface area contributed by atoms with Gasteiger partial charge in [0.2, 0.25) is 11.7 Å². The first-order valence-electron chi connectivity index (χ1n) is 8.71. The minimum absolute atomic E-state index is 0.0127. The van der Waals surface area contributed by atoms with Gasteiger partial charge in [-0.05, 0) is 31.5 Å². The molecule has 3 rings (SSSR count). The molecule has 30 heavy (non-hydrogen) atoms. The van der Waals surface area contributed by atoms with Gasteiger partial charge in [-0.3, -0.25) is 9.59 Å². The highest BCUT2D eigenvalue weighted by molar-refractivity contribution is 5.83. The Labute approximate surface area is 167 Å². The molecule has 0 radical (unpaired) electrons. The number of rotatable bonds is 4. The number of alkyl halides is 3. The van der Waals surface area contributed by atoms with Gasteiger partial charge >= 0.3 is 6.18 Å². The zero-order valence-electron chi connectivity index (χ0n) is 15.8. The second kappa shape index (κ2) is 7.90. The molecule has 3 heterocycles. The fourth-order valence-corrected chi connectivity index (χ4v) is 2.88. The summed E-state index contributed by atoms with van der Waals surface area (Å²) in [5.41, 5.74) is -0.776. The van der Waals surface area contributed by atoms with Crippen molar-refractivity contribution < 1.29 is 18.0 Å². The van der Waals surface area contributed by atoms with Crippen LogP contribution in [-0.2, 0) is 17.4 Å².